The van der Waals surface area contributed by atoms with Crippen LogP contribution in [0.5, 0.6) is 5.75 Å². The number of rotatable bonds is 3. The van der Waals surface area contributed by atoms with E-state index in [1.54, 1.807) is 0 Å². The minimum Gasteiger partial charge on any atom is -0.508 e. The number of phenolic OH excluding ortho intramolecular Hbond substituents is 1. The number of aliphatic hydroxyl groups is 1. The Kier molecular flexibility index (Phi) is 3.05. The fraction of sp³-hybridized carbons (Fsp3) is 0.333. The molecule has 0 saturated heterocycles. The monoisotopic (exact) mass is 170 g/mol. The quantitative estimate of drug-likeness (QED) is 0.720. The maximum Gasteiger partial charge on any atom is 0.123 e. The van der Waals surface area contributed by atoms with Crippen molar-refractivity contribution >= 4 is 0 Å². The number of hydrogen-bond acceptors (Lipinski definition) is 2. The Bertz CT molecular complexity index is 261. The fourth-order valence-corrected chi connectivity index (χ4v) is 1.02. The van der Waals surface area contributed by atoms with Crippen molar-refractivity contribution in [2.24, 2.45) is 0 Å². The summed E-state index contributed by atoms with van der Waals surface area (Å²) in [4.78, 5) is 0. The van der Waals surface area contributed by atoms with E-state index in [2.05, 4.69) is 0 Å². The van der Waals surface area contributed by atoms with Gasteiger partial charge in [0.15, 0.2) is 0 Å². The van der Waals surface area contributed by atoms with E-state index in [4.69, 9.17) is 5.11 Å². The molecular weight excluding hydrogens is 159 g/mol. The summed E-state index contributed by atoms with van der Waals surface area (Å²) in [5.41, 5.74) is 0.545. The van der Waals surface area contributed by atoms with Crippen molar-refractivity contribution in [3.8, 4) is 5.75 Å². The molecule has 0 radical (unpaired) electrons. The lowest BCUT2D eigenvalue weighted by atomic mass is 10.1. The summed E-state index contributed by atoms with van der Waals surface area (Å²) >= 11 is 0. The average Bonchev–Trinajstić information content (AvgIpc) is 2.07. The molecule has 1 aromatic carbocycles. The molecule has 0 bridgehead atoms. The van der Waals surface area contributed by atoms with Crippen LogP contribution in [0.4, 0.5) is 4.39 Å². The highest BCUT2D eigenvalue weighted by Gasteiger charge is 2.01. The van der Waals surface area contributed by atoms with Gasteiger partial charge in [-0.25, -0.2) is 4.39 Å². The zero-order valence-electron chi connectivity index (χ0n) is 6.63. The van der Waals surface area contributed by atoms with Gasteiger partial charge in [-0.05, 0) is 36.6 Å². The first-order valence-corrected chi connectivity index (χ1v) is 3.82. The maximum atomic E-state index is 12.6. The summed E-state index contributed by atoms with van der Waals surface area (Å²) in [6, 6.07) is 3.81. The SMILES string of the molecule is OCCCc1cc(F)ccc1O. The predicted octanol–water partition coefficient (Wildman–Crippen LogP) is 1.46. The number of benzene rings is 1. The summed E-state index contributed by atoms with van der Waals surface area (Å²) in [6.45, 7) is 0.0515. The van der Waals surface area contributed by atoms with Gasteiger partial charge in [-0.15, -0.1) is 0 Å². The van der Waals surface area contributed by atoms with Gasteiger partial charge in [-0.1, -0.05) is 0 Å². The van der Waals surface area contributed by atoms with Crippen LogP contribution >= 0.6 is 0 Å². The number of aromatic hydroxyl groups is 1. The highest BCUT2D eigenvalue weighted by atomic mass is 19.1. The van der Waals surface area contributed by atoms with E-state index in [9.17, 15) is 9.50 Å². The second kappa shape index (κ2) is 4.07. The molecule has 12 heavy (non-hydrogen) atoms. The Hall–Kier alpha value is -1.09. The molecule has 0 spiro atoms. The van der Waals surface area contributed by atoms with E-state index in [0.29, 0.717) is 18.4 Å². The van der Waals surface area contributed by atoms with Gasteiger partial charge in [0.05, 0.1) is 0 Å². The number of aliphatic hydroxyl groups excluding tert-OH is 1. The van der Waals surface area contributed by atoms with E-state index in [0.717, 1.165) is 0 Å². The number of phenols is 1. The lowest BCUT2D eigenvalue weighted by molar-refractivity contribution is 0.288. The highest BCUT2D eigenvalue weighted by Crippen LogP contribution is 2.18. The first-order chi connectivity index (χ1) is 5.74. The van der Waals surface area contributed by atoms with Gasteiger partial charge < -0.3 is 10.2 Å². The molecule has 1 aromatic rings. The lowest BCUT2D eigenvalue weighted by Crippen LogP contribution is -1.90. The van der Waals surface area contributed by atoms with E-state index >= 15 is 0 Å². The van der Waals surface area contributed by atoms with Gasteiger partial charge in [0, 0.05) is 6.61 Å². The maximum absolute atomic E-state index is 12.6. The molecular formula is C9H11FO2. The van der Waals surface area contributed by atoms with Crippen molar-refractivity contribution < 1.29 is 14.6 Å². The van der Waals surface area contributed by atoms with Gasteiger partial charge in [-0.3, -0.25) is 0 Å². The molecule has 2 N–H and O–H groups in total. The zero-order valence-corrected chi connectivity index (χ0v) is 6.63. The van der Waals surface area contributed by atoms with Crippen molar-refractivity contribution in [3.63, 3.8) is 0 Å². The van der Waals surface area contributed by atoms with E-state index in [1.165, 1.54) is 18.2 Å². The summed E-state index contributed by atoms with van der Waals surface area (Å²) in [6.07, 6.45) is 1.04. The van der Waals surface area contributed by atoms with Crippen LogP contribution in [0.1, 0.15) is 12.0 Å². The van der Waals surface area contributed by atoms with Gasteiger partial charge >= 0.3 is 0 Å². The highest BCUT2D eigenvalue weighted by molar-refractivity contribution is 5.32. The third kappa shape index (κ3) is 2.20. The smallest absolute Gasteiger partial charge is 0.123 e. The zero-order chi connectivity index (χ0) is 8.97. The van der Waals surface area contributed by atoms with Crippen LogP contribution < -0.4 is 0 Å². The molecule has 0 aliphatic rings. The molecule has 2 nitrogen and oxygen atoms in total. The van der Waals surface area contributed by atoms with Crippen LogP contribution in [-0.4, -0.2) is 16.8 Å². The number of hydrogen-bond donors (Lipinski definition) is 2. The average molecular weight is 170 g/mol. The van der Waals surface area contributed by atoms with Crippen molar-refractivity contribution in [2.75, 3.05) is 6.61 Å². The molecule has 1 rings (SSSR count). The Morgan fingerprint density at radius 2 is 2.08 bits per heavy atom. The van der Waals surface area contributed by atoms with Gasteiger partial charge in [-0.2, -0.15) is 0 Å². The molecule has 0 heterocycles. The van der Waals surface area contributed by atoms with E-state index in [1.807, 2.05) is 0 Å². The van der Waals surface area contributed by atoms with Gasteiger partial charge in [0.2, 0.25) is 0 Å². The predicted molar refractivity (Wildman–Crippen MR) is 43.5 cm³/mol. The molecule has 0 fully saturated rings. The van der Waals surface area contributed by atoms with Crippen molar-refractivity contribution in [1.29, 1.82) is 0 Å². The Morgan fingerprint density at radius 3 is 2.75 bits per heavy atom. The minimum atomic E-state index is -0.360. The number of aryl methyl sites for hydroxylation is 1. The Labute approximate surface area is 70.3 Å². The summed E-state index contributed by atoms with van der Waals surface area (Å²) in [5.74, 6) is -0.273. The molecule has 0 atom stereocenters. The molecule has 0 amide bonds. The second-order valence-corrected chi connectivity index (χ2v) is 2.60. The van der Waals surface area contributed by atoms with Crippen LogP contribution in [0.2, 0.25) is 0 Å². The Balaban J connectivity index is 2.75. The van der Waals surface area contributed by atoms with E-state index in [-0.39, 0.29) is 18.2 Å². The lowest BCUT2D eigenvalue weighted by Gasteiger charge is -2.02. The second-order valence-electron chi connectivity index (χ2n) is 2.60. The third-order valence-electron chi connectivity index (χ3n) is 1.65. The standard InChI is InChI=1S/C9H11FO2/c10-8-3-4-9(12)7(6-8)2-1-5-11/h3-4,6,11-12H,1-2,5H2. The van der Waals surface area contributed by atoms with Crippen LogP contribution in [0.3, 0.4) is 0 Å². The molecule has 66 valence electrons. The van der Waals surface area contributed by atoms with Gasteiger partial charge in [0.25, 0.3) is 0 Å². The Morgan fingerprint density at radius 1 is 1.33 bits per heavy atom. The fourth-order valence-electron chi connectivity index (χ4n) is 1.02. The summed E-state index contributed by atoms with van der Waals surface area (Å²) in [5, 5.41) is 17.7. The van der Waals surface area contributed by atoms with Crippen LogP contribution in [0, 0.1) is 5.82 Å². The number of halogens is 1. The topological polar surface area (TPSA) is 40.5 Å². The molecule has 0 unspecified atom stereocenters. The molecule has 3 heteroatoms. The first-order valence-electron chi connectivity index (χ1n) is 3.82. The minimum absolute atomic E-state index is 0.0515. The molecule has 0 aliphatic heterocycles. The van der Waals surface area contributed by atoms with Crippen LogP contribution in [0.15, 0.2) is 18.2 Å². The molecule has 0 saturated carbocycles. The van der Waals surface area contributed by atoms with Crippen LogP contribution in [-0.2, 0) is 6.42 Å². The summed E-state index contributed by atoms with van der Waals surface area (Å²) in [7, 11) is 0. The van der Waals surface area contributed by atoms with Crippen LogP contribution in [0.25, 0.3) is 0 Å². The normalized spacial score (nSPS) is 10.2. The third-order valence-corrected chi connectivity index (χ3v) is 1.65. The van der Waals surface area contributed by atoms with Crippen molar-refractivity contribution in [2.45, 2.75) is 12.8 Å². The van der Waals surface area contributed by atoms with Crippen molar-refractivity contribution in [3.05, 3.63) is 29.6 Å². The van der Waals surface area contributed by atoms with Crippen molar-refractivity contribution in [1.82, 2.24) is 0 Å². The molecule has 0 aliphatic carbocycles. The first kappa shape index (κ1) is 9.00. The largest absolute Gasteiger partial charge is 0.508 e. The van der Waals surface area contributed by atoms with Gasteiger partial charge in [0.1, 0.15) is 11.6 Å². The molecule has 0 aromatic heterocycles. The van der Waals surface area contributed by atoms with E-state index < -0.39 is 0 Å². The summed E-state index contributed by atoms with van der Waals surface area (Å²) < 4.78 is 12.6.